The average molecular weight is 268 g/mol. The summed E-state index contributed by atoms with van der Waals surface area (Å²) in [7, 11) is 0. The third-order valence-electron chi connectivity index (χ3n) is 4.32. The molecule has 1 N–H and O–H groups in total. The second-order valence-corrected chi connectivity index (χ2v) is 5.47. The van der Waals surface area contributed by atoms with Crippen molar-refractivity contribution in [2.24, 2.45) is 11.8 Å². The van der Waals surface area contributed by atoms with Gasteiger partial charge in [-0.1, -0.05) is 34.6 Å². The monoisotopic (exact) mass is 268 g/mol. The maximum Gasteiger partial charge on any atom is 0.331 e. The number of nitrogens with zero attached hydrogens (tertiary/aromatic N) is 1. The van der Waals surface area contributed by atoms with Crippen LogP contribution in [-0.4, -0.2) is 28.3 Å². The van der Waals surface area contributed by atoms with Gasteiger partial charge in [0.05, 0.1) is 5.54 Å². The van der Waals surface area contributed by atoms with E-state index >= 15 is 0 Å². The van der Waals surface area contributed by atoms with E-state index in [4.69, 9.17) is 0 Å². The first-order valence-electron chi connectivity index (χ1n) is 7.03. The number of hydrogen-bond acceptors (Lipinski definition) is 3. The van der Waals surface area contributed by atoms with Gasteiger partial charge in [-0.3, -0.25) is 19.8 Å². The zero-order chi connectivity index (χ0) is 14.8. The highest BCUT2D eigenvalue weighted by atomic mass is 16.2. The van der Waals surface area contributed by atoms with Crippen LogP contribution in [0, 0.1) is 11.8 Å². The molecular weight excluding hydrogens is 244 g/mol. The van der Waals surface area contributed by atoms with Crippen molar-refractivity contribution >= 4 is 17.8 Å². The van der Waals surface area contributed by atoms with Crippen molar-refractivity contribution in [2.45, 2.75) is 59.4 Å². The van der Waals surface area contributed by atoms with Gasteiger partial charge < -0.3 is 0 Å². The number of rotatable bonds is 5. The summed E-state index contributed by atoms with van der Waals surface area (Å²) in [5.74, 6) is -1.71. The minimum atomic E-state index is -0.762. The van der Waals surface area contributed by atoms with E-state index in [1.807, 2.05) is 34.6 Å². The van der Waals surface area contributed by atoms with E-state index in [0.29, 0.717) is 19.3 Å². The van der Waals surface area contributed by atoms with Gasteiger partial charge in [0.1, 0.15) is 5.92 Å². The van der Waals surface area contributed by atoms with E-state index in [9.17, 15) is 14.4 Å². The molecule has 0 bridgehead atoms. The summed E-state index contributed by atoms with van der Waals surface area (Å²) in [5.41, 5.74) is -0.491. The number of nitrogens with one attached hydrogen (secondary N) is 1. The molecule has 108 valence electrons. The molecule has 4 amide bonds. The summed E-state index contributed by atoms with van der Waals surface area (Å²) in [6.45, 7) is 9.54. The van der Waals surface area contributed by atoms with E-state index < -0.39 is 23.4 Å². The number of barbiturate groups is 1. The van der Waals surface area contributed by atoms with Gasteiger partial charge in [-0.2, -0.15) is 0 Å². The van der Waals surface area contributed by atoms with Crippen LogP contribution in [0.2, 0.25) is 0 Å². The van der Waals surface area contributed by atoms with Crippen LogP contribution in [0.1, 0.15) is 53.9 Å². The SMILES string of the molecule is CCC(CC)(CC)N1C(=O)NC(=O)C(C(C)C)C1=O. The number of carbonyl (C=O) groups is 3. The number of urea groups is 1. The lowest BCUT2D eigenvalue weighted by Crippen LogP contribution is -2.66. The molecule has 1 aliphatic heterocycles. The summed E-state index contributed by atoms with van der Waals surface area (Å²) in [6, 6.07) is -0.572. The Balaban J connectivity index is 3.21. The Bertz CT molecular complexity index is 378. The minimum Gasteiger partial charge on any atom is -0.277 e. The summed E-state index contributed by atoms with van der Waals surface area (Å²) in [4.78, 5) is 37.7. The minimum absolute atomic E-state index is 0.119. The van der Waals surface area contributed by atoms with Crippen LogP contribution >= 0.6 is 0 Å². The van der Waals surface area contributed by atoms with E-state index in [1.165, 1.54) is 4.90 Å². The smallest absolute Gasteiger partial charge is 0.277 e. The zero-order valence-electron chi connectivity index (χ0n) is 12.4. The van der Waals surface area contributed by atoms with Gasteiger partial charge >= 0.3 is 6.03 Å². The molecule has 0 aromatic carbocycles. The fraction of sp³-hybridized carbons (Fsp3) is 0.786. The quantitative estimate of drug-likeness (QED) is 0.778. The molecule has 1 unspecified atom stereocenters. The summed E-state index contributed by atoms with van der Waals surface area (Å²) < 4.78 is 0. The van der Waals surface area contributed by atoms with Crippen molar-refractivity contribution in [3.63, 3.8) is 0 Å². The van der Waals surface area contributed by atoms with Gasteiger partial charge in [0.25, 0.3) is 0 Å². The van der Waals surface area contributed by atoms with Crippen molar-refractivity contribution < 1.29 is 14.4 Å². The maximum atomic E-state index is 12.6. The molecule has 0 radical (unpaired) electrons. The zero-order valence-corrected chi connectivity index (χ0v) is 12.4. The van der Waals surface area contributed by atoms with Crippen molar-refractivity contribution in [3.8, 4) is 0 Å². The van der Waals surface area contributed by atoms with Crippen LogP contribution in [0.4, 0.5) is 4.79 Å². The van der Waals surface area contributed by atoms with Crippen molar-refractivity contribution in [1.29, 1.82) is 0 Å². The van der Waals surface area contributed by atoms with Gasteiger partial charge in [0, 0.05) is 0 Å². The lowest BCUT2D eigenvalue weighted by atomic mass is 9.83. The molecule has 0 aliphatic carbocycles. The number of carbonyl (C=O) groups excluding carboxylic acids is 3. The third kappa shape index (κ3) is 2.51. The molecular formula is C14H24N2O3. The summed E-state index contributed by atoms with van der Waals surface area (Å²) in [5, 5.41) is 2.33. The molecule has 19 heavy (non-hydrogen) atoms. The van der Waals surface area contributed by atoms with Crippen molar-refractivity contribution in [3.05, 3.63) is 0 Å². The van der Waals surface area contributed by atoms with E-state index in [2.05, 4.69) is 5.32 Å². The molecule has 0 aromatic heterocycles. The molecule has 1 atom stereocenters. The van der Waals surface area contributed by atoms with E-state index in [0.717, 1.165) is 0 Å². The highest BCUT2D eigenvalue weighted by Gasteiger charge is 2.49. The molecule has 1 heterocycles. The van der Waals surface area contributed by atoms with Gasteiger partial charge in [0.2, 0.25) is 11.8 Å². The standard InChI is InChI=1S/C14H24N2O3/c1-6-14(7-2,8-3)16-12(18)10(9(4)5)11(17)15-13(16)19/h9-10H,6-8H2,1-5H3,(H,15,17,19). The number of imide groups is 2. The Morgan fingerprint density at radius 3 is 1.95 bits per heavy atom. The van der Waals surface area contributed by atoms with Gasteiger partial charge in [-0.25, -0.2) is 4.79 Å². The predicted molar refractivity (Wildman–Crippen MR) is 72.3 cm³/mol. The topological polar surface area (TPSA) is 66.5 Å². The van der Waals surface area contributed by atoms with Gasteiger partial charge in [-0.05, 0) is 25.2 Å². The Morgan fingerprint density at radius 1 is 1.11 bits per heavy atom. The fourth-order valence-corrected chi connectivity index (χ4v) is 2.85. The maximum absolute atomic E-state index is 12.6. The Hall–Kier alpha value is -1.39. The Labute approximate surface area is 114 Å². The molecule has 0 spiro atoms. The van der Waals surface area contributed by atoms with Crippen LogP contribution in [0.3, 0.4) is 0 Å². The molecule has 1 fully saturated rings. The van der Waals surface area contributed by atoms with Gasteiger partial charge in [-0.15, -0.1) is 0 Å². The highest BCUT2D eigenvalue weighted by Crippen LogP contribution is 2.32. The van der Waals surface area contributed by atoms with Crippen molar-refractivity contribution in [2.75, 3.05) is 0 Å². The molecule has 0 saturated carbocycles. The number of amides is 4. The summed E-state index contributed by atoms with van der Waals surface area (Å²) >= 11 is 0. The molecule has 0 aromatic rings. The second-order valence-electron chi connectivity index (χ2n) is 5.47. The normalized spacial score (nSPS) is 21.1. The summed E-state index contributed by atoms with van der Waals surface area (Å²) in [6.07, 6.45) is 2.08. The van der Waals surface area contributed by atoms with Crippen LogP contribution in [0.5, 0.6) is 0 Å². The first-order valence-corrected chi connectivity index (χ1v) is 7.03. The lowest BCUT2D eigenvalue weighted by Gasteiger charge is -2.45. The molecule has 5 nitrogen and oxygen atoms in total. The molecule has 1 rings (SSSR count). The number of hydrogen-bond donors (Lipinski definition) is 1. The average Bonchev–Trinajstić information content (AvgIpc) is 2.33. The van der Waals surface area contributed by atoms with E-state index in [1.54, 1.807) is 0 Å². The van der Waals surface area contributed by atoms with Crippen LogP contribution in [0.15, 0.2) is 0 Å². The first-order chi connectivity index (χ1) is 8.84. The van der Waals surface area contributed by atoms with Crippen LogP contribution in [-0.2, 0) is 9.59 Å². The first kappa shape index (κ1) is 15.7. The molecule has 1 aliphatic rings. The van der Waals surface area contributed by atoms with Crippen LogP contribution < -0.4 is 5.32 Å². The molecule has 5 heteroatoms. The fourth-order valence-electron chi connectivity index (χ4n) is 2.85. The van der Waals surface area contributed by atoms with Gasteiger partial charge in [0.15, 0.2) is 0 Å². The van der Waals surface area contributed by atoms with E-state index in [-0.39, 0.29) is 11.8 Å². The third-order valence-corrected chi connectivity index (χ3v) is 4.32. The molecule has 1 saturated heterocycles. The Morgan fingerprint density at radius 2 is 1.58 bits per heavy atom. The van der Waals surface area contributed by atoms with Crippen molar-refractivity contribution in [1.82, 2.24) is 10.2 Å². The largest absolute Gasteiger partial charge is 0.331 e. The predicted octanol–water partition coefficient (Wildman–Crippen LogP) is 2.31. The second kappa shape index (κ2) is 5.72. The highest BCUT2D eigenvalue weighted by molar-refractivity contribution is 6.16. The Kier molecular flexibility index (Phi) is 4.71. The van der Waals surface area contributed by atoms with Crippen LogP contribution in [0.25, 0.3) is 0 Å². The lowest BCUT2D eigenvalue weighted by molar-refractivity contribution is -0.149.